The van der Waals surface area contributed by atoms with Gasteiger partial charge in [0.2, 0.25) is 11.8 Å². The summed E-state index contributed by atoms with van der Waals surface area (Å²) >= 11 is 0. The highest BCUT2D eigenvalue weighted by Crippen LogP contribution is 2.53. The molecule has 4 atom stereocenters. The lowest BCUT2D eigenvalue weighted by Crippen LogP contribution is -2.44. The van der Waals surface area contributed by atoms with Crippen molar-refractivity contribution < 1.29 is 33.3 Å². The Kier molecular flexibility index (Phi) is 3.96. The number of hydrogen-bond donors (Lipinski definition) is 0. The van der Waals surface area contributed by atoms with E-state index in [-0.39, 0.29) is 12.5 Å². The maximum absolute atomic E-state index is 13.3. The van der Waals surface area contributed by atoms with Gasteiger partial charge in [-0.1, -0.05) is 6.08 Å². The molecule has 0 saturated carbocycles. The summed E-state index contributed by atoms with van der Waals surface area (Å²) in [6, 6.07) is 4.91. The van der Waals surface area contributed by atoms with Gasteiger partial charge in [0.05, 0.1) is 37.8 Å². The van der Waals surface area contributed by atoms with Crippen LogP contribution in [0.15, 0.2) is 30.4 Å². The zero-order valence-corrected chi connectivity index (χ0v) is 15.1. The number of carbonyl (C=O) groups is 3. The van der Waals surface area contributed by atoms with Crippen molar-refractivity contribution in [1.29, 1.82) is 0 Å². The van der Waals surface area contributed by atoms with Gasteiger partial charge in [0.1, 0.15) is 23.7 Å². The monoisotopic (exact) mass is 373 g/mol. The number of anilines is 1. The maximum Gasteiger partial charge on any atom is 0.302 e. The number of imide groups is 1. The predicted molar refractivity (Wildman–Crippen MR) is 92.4 cm³/mol. The number of nitrogens with zero attached hydrogens (tertiary/aromatic N) is 1. The van der Waals surface area contributed by atoms with Crippen molar-refractivity contribution in [2.75, 3.05) is 25.7 Å². The molecule has 27 heavy (non-hydrogen) atoms. The van der Waals surface area contributed by atoms with E-state index in [1.165, 1.54) is 21.1 Å². The van der Waals surface area contributed by atoms with Crippen molar-refractivity contribution in [1.82, 2.24) is 0 Å². The van der Waals surface area contributed by atoms with E-state index in [0.29, 0.717) is 17.2 Å². The molecule has 142 valence electrons. The Labute approximate surface area is 155 Å². The highest BCUT2D eigenvalue weighted by atomic mass is 16.6. The number of carbonyl (C=O) groups excluding carboxylic acids is 3. The van der Waals surface area contributed by atoms with Crippen LogP contribution in [-0.2, 0) is 23.9 Å². The molecular formula is C19H19NO7. The number of amides is 2. The van der Waals surface area contributed by atoms with Gasteiger partial charge in [0.25, 0.3) is 0 Å². The third-order valence-electron chi connectivity index (χ3n) is 5.28. The standard InChI is InChI=1S/C19H19NO7/c1-10(21)26-9-19-7-6-14(27-19)15-16(19)18(23)20(17(15)22)12-8-11(24-2)4-5-13(12)25-3/h4-8,14-16H,9H2,1-3H3/t14-,15+,16-,19+/m1/s1. The average Bonchev–Trinajstić information content (AvgIpc) is 3.30. The first kappa shape index (κ1) is 17.5. The zero-order chi connectivity index (χ0) is 19.3. The Hall–Kier alpha value is -2.87. The van der Waals surface area contributed by atoms with Gasteiger partial charge < -0.3 is 18.9 Å². The quantitative estimate of drug-likeness (QED) is 0.433. The van der Waals surface area contributed by atoms with E-state index in [1.54, 1.807) is 30.4 Å². The first-order valence-electron chi connectivity index (χ1n) is 8.52. The minimum Gasteiger partial charge on any atom is -0.497 e. The van der Waals surface area contributed by atoms with Crippen molar-refractivity contribution in [3.63, 3.8) is 0 Å². The summed E-state index contributed by atoms with van der Waals surface area (Å²) in [6.07, 6.45) is 2.95. The normalized spacial score (nSPS) is 30.6. The number of rotatable bonds is 5. The van der Waals surface area contributed by atoms with E-state index >= 15 is 0 Å². The minimum absolute atomic E-state index is 0.112. The molecule has 0 unspecified atom stereocenters. The molecule has 8 nitrogen and oxygen atoms in total. The molecule has 4 rings (SSSR count). The molecule has 0 spiro atoms. The molecule has 0 N–H and O–H groups in total. The van der Waals surface area contributed by atoms with Gasteiger partial charge in [0.15, 0.2) is 0 Å². The lowest BCUT2D eigenvalue weighted by molar-refractivity contribution is -0.150. The fraction of sp³-hybridized carbons (Fsp3) is 0.421. The molecule has 2 bridgehead atoms. The SMILES string of the molecule is COc1ccc(OC)c(N2C(=O)[C@H]3[C@H]4C=C[C@@](COC(C)=O)(O4)[C@H]3C2=O)c1. The molecule has 2 amide bonds. The van der Waals surface area contributed by atoms with Crippen molar-refractivity contribution in [2.45, 2.75) is 18.6 Å². The molecular weight excluding hydrogens is 354 g/mol. The first-order valence-corrected chi connectivity index (χ1v) is 8.52. The predicted octanol–water partition coefficient (Wildman–Crippen LogP) is 1.08. The molecule has 3 aliphatic heterocycles. The number of fused-ring (bicyclic) bond motifs is 5. The third kappa shape index (κ3) is 2.43. The Morgan fingerprint density at radius 2 is 2.00 bits per heavy atom. The highest BCUT2D eigenvalue weighted by Gasteiger charge is 2.68. The van der Waals surface area contributed by atoms with Crippen molar-refractivity contribution in [3.05, 3.63) is 30.4 Å². The minimum atomic E-state index is -1.12. The highest BCUT2D eigenvalue weighted by molar-refractivity contribution is 6.24. The number of hydrogen-bond acceptors (Lipinski definition) is 7. The molecule has 0 aromatic heterocycles. The van der Waals surface area contributed by atoms with Crippen LogP contribution in [0.3, 0.4) is 0 Å². The van der Waals surface area contributed by atoms with E-state index in [1.807, 2.05) is 0 Å². The van der Waals surface area contributed by atoms with E-state index in [0.717, 1.165) is 4.90 Å². The van der Waals surface area contributed by atoms with E-state index in [4.69, 9.17) is 18.9 Å². The Morgan fingerprint density at radius 1 is 1.22 bits per heavy atom. The number of ether oxygens (including phenoxy) is 4. The van der Waals surface area contributed by atoms with Crippen LogP contribution in [-0.4, -0.2) is 50.3 Å². The zero-order valence-electron chi connectivity index (χ0n) is 15.1. The van der Waals surface area contributed by atoms with Crippen LogP contribution in [0, 0.1) is 11.8 Å². The summed E-state index contributed by atoms with van der Waals surface area (Å²) in [4.78, 5) is 38.8. The summed E-state index contributed by atoms with van der Waals surface area (Å²) < 4.78 is 21.6. The topological polar surface area (TPSA) is 91.4 Å². The van der Waals surface area contributed by atoms with E-state index in [2.05, 4.69) is 0 Å². The van der Waals surface area contributed by atoms with Crippen LogP contribution < -0.4 is 14.4 Å². The van der Waals surface area contributed by atoms with E-state index < -0.39 is 35.4 Å². The second kappa shape index (κ2) is 6.09. The smallest absolute Gasteiger partial charge is 0.302 e. The lowest BCUT2D eigenvalue weighted by atomic mass is 9.77. The average molecular weight is 373 g/mol. The Bertz CT molecular complexity index is 864. The molecule has 0 aliphatic carbocycles. The number of benzene rings is 1. The van der Waals surface area contributed by atoms with Gasteiger partial charge in [-0.2, -0.15) is 0 Å². The second-order valence-corrected chi connectivity index (χ2v) is 6.73. The summed E-state index contributed by atoms with van der Waals surface area (Å²) in [7, 11) is 2.97. The Balaban J connectivity index is 1.73. The van der Waals surface area contributed by atoms with Crippen LogP contribution in [0.2, 0.25) is 0 Å². The van der Waals surface area contributed by atoms with Gasteiger partial charge in [-0.05, 0) is 18.2 Å². The van der Waals surface area contributed by atoms with Gasteiger partial charge in [-0.3, -0.25) is 14.4 Å². The van der Waals surface area contributed by atoms with Crippen LogP contribution in [0.1, 0.15) is 6.92 Å². The lowest BCUT2D eigenvalue weighted by Gasteiger charge is -2.28. The number of methoxy groups -OCH3 is 2. The number of esters is 1. The van der Waals surface area contributed by atoms with Crippen molar-refractivity contribution in [2.24, 2.45) is 11.8 Å². The molecule has 2 saturated heterocycles. The Morgan fingerprint density at radius 3 is 2.67 bits per heavy atom. The van der Waals surface area contributed by atoms with Crippen molar-refractivity contribution >= 4 is 23.5 Å². The second-order valence-electron chi connectivity index (χ2n) is 6.73. The van der Waals surface area contributed by atoms with Gasteiger partial charge >= 0.3 is 5.97 Å². The summed E-state index contributed by atoms with van der Waals surface area (Å²) in [5.41, 5.74) is -0.794. The van der Waals surface area contributed by atoms with Gasteiger partial charge in [-0.15, -0.1) is 0 Å². The largest absolute Gasteiger partial charge is 0.497 e. The van der Waals surface area contributed by atoms with Crippen LogP contribution in [0.5, 0.6) is 11.5 Å². The van der Waals surface area contributed by atoms with Crippen LogP contribution in [0.4, 0.5) is 5.69 Å². The first-order chi connectivity index (χ1) is 12.9. The summed E-state index contributed by atoms with van der Waals surface area (Å²) in [5.74, 6) is -1.78. The van der Waals surface area contributed by atoms with Crippen LogP contribution >= 0.6 is 0 Å². The fourth-order valence-corrected chi connectivity index (χ4v) is 4.09. The molecule has 0 radical (unpaired) electrons. The van der Waals surface area contributed by atoms with Gasteiger partial charge in [0, 0.05) is 13.0 Å². The molecule has 1 aromatic carbocycles. The van der Waals surface area contributed by atoms with E-state index in [9.17, 15) is 14.4 Å². The van der Waals surface area contributed by atoms with Gasteiger partial charge in [-0.25, -0.2) is 4.90 Å². The molecule has 8 heteroatoms. The maximum atomic E-state index is 13.3. The summed E-state index contributed by atoms with van der Waals surface area (Å²) in [6.45, 7) is 1.17. The third-order valence-corrected chi connectivity index (χ3v) is 5.28. The molecule has 3 heterocycles. The molecule has 3 aliphatic rings. The van der Waals surface area contributed by atoms with Crippen LogP contribution in [0.25, 0.3) is 0 Å². The fourth-order valence-electron chi connectivity index (χ4n) is 4.09. The van der Waals surface area contributed by atoms with Crippen molar-refractivity contribution in [3.8, 4) is 11.5 Å². The molecule has 1 aromatic rings. The molecule has 2 fully saturated rings. The summed E-state index contributed by atoms with van der Waals surface area (Å²) in [5, 5.41) is 0.